The van der Waals surface area contributed by atoms with Crippen molar-refractivity contribution in [1.82, 2.24) is 5.32 Å². The van der Waals surface area contributed by atoms with Crippen LogP contribution < -0.4 is 10.2 Å². The van der Waals surface area contributed by atoms with Crippen LogP contribution in [0.15, 0.2) is 97.2 Å². The Morgan fingerprint density at radius 3 is 1.31 bits per heavy atom. The quantitative estimate of drug-likeness (QED) is 0.0272. The molecule has 0 aromatic rings. The maximum atomic E-state index is 12.9. The van der Waals surface area contributed by atoms with Crippen molar-refractivity contribution in [1.29, 1.82) is 0 Å². The van der Waals surface area contributed by atoms with Crippen LogP contribution in [0.3, 0.4) is 0 Å². The summed E-state index contributed by atoms with van der Waals surface area (Å²) in [6.45, 7) is 4.49. The zero-order valence-electron chi connectivity index (χ0n) is 46.6. The van der Waals surface area contributed by atoms with Crippen LogP contribution in [0.5, 0.6) is 0 Å². The monoisotopic (exact) mass is 1010 g/mol. The largest absolute Gasteiger partial charge is 0.756 e. The van der Waals surface area contributed by atoms with Gasteiger partial charge in [-0.05, 0) is 83.5 Å². The molecule has 3 unspecified atom stereocenters. The van der Waals surface area contributed by atoms with Crippen molar-refractivity contribution in [2.75, 3.05) is 40.9 Å². The highest BCUT2D eigenvalue weighted by Gasteiger charge is 2.23. The molecule has 0 aliphatic carbocycles. The van der Waals surface area contributed by atoms with Crippen molar-refractivity contribution in [2.24, 2.45) is 0 Å². The molecule has 0 fully saturated rings. The standard InChI is InChI=1S/C62H111N2O6P/c1-6-8-10-12-14-16-18-20-21-22-23-24-25-26-27-28-29-30-31-32-33-34-35-36-37-38-39-40-41-42-43-44-46-48-50-52-54-56-62(66)63-60(59-70-71(67,68)69-58-57-64(3,4)5)61(65)55-53-51-49-47-45-19-17-15-13-11-9-7-2/h8,10,14,16,20-21,23-24,26-27,29-30,45,47,53,55,60-61,65H,6-7,9,11-13,15,17-19,22,25,28,31-44,46,48-52,54,56-59H2,1-5H3,(H-,63,66,67,68)/b10-8-,16-14-,21-20-,24-23-,27-26-,30-29-,47-45+,55-53+. The van der Waals surface area contributed by atoms with Crippen LogP contribution in [0, 0.1) is 0 Å². The number of carbonyl (C=O) groups is 1. The van der Waals surface area contributed by atoms with Crippen molar-refractivity contribution < 1.29 is 32.9 Å². The SMILES string of the molecule is CC/C=C\C/C=C\C/C=C\C/C=C\C/C=C\C/C=C\CCCCCCCCCCCCCCCCCCCCC(=O)NC(COP(=O)([O-])OCC[N+](C)(C)C)C(O)/C=C/CC/C=C/CCCCCCCC. The van der Waals surface area contributed by atoms with E-state index in [0.29, 0.717) is 17.4 Å². The van der Waals surface area contributed by atoms with Gasteiger partial charge in [-0.25, -0.2) is 0 Å². The third kappa shape index (κ3) is 55.0. The molecule has 0 bridgehead atoms. The number of carbonyl (C=O) groups excluding carboxylic acids is 1. The summed E-state index contributed by atoms with van der Waals surface area (Å²) in [6.07, 6.45) is 75.1. The lowest BCUT2D eigenvalue weighted by Crippen LogP contribution is -2.45. The molecule has 2 N–H and O–H groups in total. The minimum atomic E-state index is -4.60. The number of likely N-dealkylation sites (N-methyl/N-ethyl adjacent to an activating group) is 1. The molecule has 71 heavy (non-hydrogen) atoms. The van der Waals surface area contributed by atoms with Crippen LogP contribution >= 0.6 is 7.82 Å². The Morgan fingerprint density at radius 2 is 0.873 bits per heavy atom. The molecule has 0 saturated carbocycles. The van der Waals surface area contributed by atoms with Crippen molar-refractivity contribution in [3.63, 3.8) is 0 Å². The Kier molecular flexibility index (Phi) is 50.4. The summed E-state index contributed by atoms with van der Waals surface area (Å²) in [5.41, 5.74) is 0. The number of hydrogen-bond acceptors (Lipinski definition) is 6. The van der Waals surface area contributed by atoms with Crippen LogP contribution in [-0.4, -0.2) is 68.5 Å². The van der Waals surface area contributed by atoms with E-state index in [1.165, 1.54) is 141 Å². The van der Waals surface area contributed by atoms with Crippen LogP contribution in [0.2, 0.25) is 0 Å². The van der Waals surface area contributed by atoms with E-state index in [0.717, 1.165) is 77.0 Å². The van der Waals surface area contributed by atoms with Crippen LogP contribution in [0.1, 0.15) is 239 Å². The highest BCUT2D eigenvalue weighted by Crippen LogP contribution is 2.38. The second-order valence-corrected chi connectivity index (χ2v) is 22.0. The van der Waals surface area contributed by atoms with Gasteiger partial charge < -0.3 is 28.8 Å². The molecule has 0 rings (SSSR count). The molecule has 8 nitrogen and oxygen atoms in total. The number of aliphatic hydroxyl groups excluding tert-OH is 1. The van der Waals surface area contributed by atoms with Gasteiger partial charge in [0.05, 0.1) is 39.9 Å². The number of amides is 1. The van der Waals surface area contributed by atoms with Gasteiger partial charge in [0.15, 0.2) is 0 Å². The lowest BCUT2D eigenvalue weighted by atomic mass is 10.0. The number of phosphoric ester groups is 1. The van der Waals surface area contributed by atoms with Crippen LogP contribution in [0.4, 0.5) is 0 Å². The molecule has 0 aromatic heterocycles. The van der Waals surface area contributed by atoms with E-state index in [9.17, 15) is 19.4 Å². The van der Waals surface area contributed by atoms with E-state index in [-0.39, 0.29) is 12.5 Å². The molecule has 0 saturated heterocycles. The van der Waals surface area contributed by atoms with Gasteiger partial charge in [0.2, 0.25) is 5.91 Å². The van der Waals surface area contributed by atoms with Crippen molar-refractivity contribution in [3.8, 4) is 0 Å². The molecule has 0 aliphatic heterocycles. The van der Waals surface area contributed by atoms with Gasteiger partial charge in [-0.1, -0.05) is 246 Å². The fraction of sp³-hybridized carbons (Fsp3) is 0.726. The molecule has 0 aromatic carbocycles. The first kappa shape index (κ1) is 68.4. The predicted octanol–water partition coefficient (Wildman–Crippen LogP) is 17.2. The first-order valence-electron chi connectivity index (χ1n) is 29.1. The number of nitrogens with zero attached hydrogens (tertiary/aromatic N) is 1. The number of allylic oxidation sites excluding steroid dienone is 15. The minimum absolute atomic E-state index is 0.00871. The number of rotatable bonds is 52. The van der Waals surface area contributed by atoms with Crippen molar-refractivity contribution >= 4 is 13.7 Å². The topological polar surface area (TPSA) is 108 Å². The van der Waals surface area contributed by atoms with Gasteiger partial charge in [-0.3, -0.25) is 9.36 Å². The number of nitrogens with one attached hydrogen (secondary N) is 1. The summed E-state index contributed by atoms with van der Waals surface area (Å²) in [5.74, 6) is -0.209. The fourth-order valence-corrected chi connectivity index (χ4v) is 8.72. The molecule has 0 heterocycles. The Bertz CT molecular complexity index is 1470. The van der Waals surface area contributed by atoms with Gasteiger partial charge >= 0.3 is 0 Å². The molecule has 9 heteroatoms. The van der Waals surface area contributed by atoms with Gasteiger partial charge in [0.25, 0.3) is 7.82 Å². The van der Waals surface area contributed by atoms with E-state index in [1.807, 2.05) is 27.2 Å². The minimum Gasteiger partial charge on any atom is -0.756 e. The van der Waals surface area contributed by atoms with Crippen molar-refractivity contribution in [3.05, 3.63) is 97.2 Å². The third-order valence-corrected chi connectivity index (χ3v) is 13.5. The summed E-state index contributed by atoms with van der Waals surface area (Å²) in [6, 6.07) is -0.905. The molecular formula is C62H111N2O6P. The second kappa shape index (κ2) is 52.3. The smallest absolute Gasteiger partial charge is 0.268 e. The average molecular weight is 1010 g/mol. The Morgan fingerprint density at radius 1 is 0.507 bits per heavy atom. The van der Waals surface area contributed by atoms with Gasteiger partial charge in [-0.2, -0.15) is 0 Å². The molecule has 410 valence electrons. The number of phosphoric acid groups is 1. The summed E-state index contributed by atoms with van der Waals surface area (Å²) < 4.78 is 23.3. The lowest BCUT2D eigenvalue weighted by molar-refractivity contribution is -0.870. The highest BCUT2D eigenvalue weighted by atomic mass is 31.2. The zero-order valence-corrected chi connectivity index (χ0v) is 47.5. The normalized spacial score (nSPS) is 14.6. The molecule has 0 spiro atoms. The van der Waals surface area contributed by atoms with Gasteiger partial charge in [-0.15, -0.1) is 0 Å². The Balaban J connectivity index is 3.99. The van der Waals surface area contributed by atoms with E-state index < -0.39 is 26.6 Å². The predicted molar refractivity (Wildman–Crippen MR) is 306 cm³/mol. The first-order valence-corrected chi connectivity index (χ1v) is 30.6. The zero-order chi connectivity index (χ0) is 52.0. The number of aliphatic hydroxyl groups is 1. The lowest BCUT2D eigenvalue weighted by Gasteiger charge is -2.29. The summed E-state index contributed by atoms with van der Waals surface area (Å²) in [7, 11) is 1.24. The Labute approximate surface area is 439 Å². The van der Waals surface area contributed by atoms with E-state index in [4.69, 9.17) is 9.05 Å². The van der Waals surface area contributed by atoms with E-state index in [2.05, 4.69) is 104 Å². The van der Waals surface area contributed by atoms with Gasteiger partial charge in [0.1, 0.15) is 13.2 Å². The van der Waals surface area contributed by atoms with E-state index in [1.54, 1.807) is 6.08 Å². The highest BCUT2D eigenvalue weighted by molar-refractivity contribution is 7.45. The van der Waals surface area contributed by atoms with Crippen LogP contribution in [0.25, 0.3) is 0 Å². The summed E-state index contributed by atoms with van der Waals surface area (Å²) in [4.78, 5) is 25.4. The average Bonchev–Trinajstić information content (AvgIpc) is 3.33. The fourth-order valence-electron chi connectivity index (χ4n) is 8.00. The van der Waals surface area contributed by atoms with Gasteiger partial charge in [0, 0.05) is 6.42 Å². The molecule has 0 aliphatic rings. The van der Waals surface area contributed by atoms with Crippen molar-refractivity contribution in [2.45, 2.75) is 251 Å². The number of unbranched alkanes of at least 4 members (excludes halogenated alkanes) is 25. The molecule has 1 amide bonds. The maximum Gasteiger partial charge on any atom is 0.268 e. The number of hydrogen-bond donors (Lipinski definition) is 2. The molecule has 3 atom stereocenters. The molecule has 0 radical (unpaired) electrons. The summed E-state index contributed by atoms with van der Waals surface area (Å²) in [5, 5.41) is 13.8. The first-order chi connectivity index (χ1) is 34.5. The second-order valence-electron chi connectivity index (χ2n) is 20.6. The Hall–Kier alpha value is -2.58. The maximum absolute atomic E-state index is 12.9. The number of quaternary nitrogens is 1. The third-order valence-electron chi connectivity index (χ3n) is 12.5. The van der Waals surface area contributed by atoms with Crippen LogP contribution in [-0.2, 0) is 18.4 Å². The van der Waals surface area contributed by atoms with E-state index >= 15 is 0 Å². The summed E-state index contributed by atoms with van der Waals surface area (Å²) >= 11 is 0. The molecular weight excluding hydrogens is 900 g/mol.